The summed E-state index contributed by atoms with van der Waals surface area (Å²) in [5.74, 6) is -1.37. The number of hydrogen-bond acceptors (Lipinski definition) is 2. The van der Waals surface area contributed by atoms with E-state index < -0.39 is 11.6 Å². The van der Waals surface area contributed by atoms with Crippen LogP contribution in [0.25, 0.3) is 0 Å². The number of hydrogen-bond donors (Lipinski definition) is 1. The van der Waals surface area contributed by atoms with E-state index in [2.05, 4.69) is 10.3 Å². The molecule has 18 heavy (non-hydrogen) atoms. The van der Waals surface area contributed by atoms with Gasteiger partial charge in [0.1, 0.15) is 5.82 Å². The molecule has 0 radical (unpaired) electrons. The quantitative estimate of drug-likeness (QED) is 0.915. The molecule has 0 atom stereocenters. The molecule has 0 aliphatic carbocycles. The number of nitrogens with one attached hydrogen (secondary N) is 1. The first-order valence-corrected chi connectivity index (χ1v) is 5.82. The third kappa shape index (κ3) is 3.17. The predicted octanol–water partition coefficient (Wildman–Crippen LogP) is 3.67. The summed E-state index contributed by atoms with van der Waals surface area (Å²) in [5, 5.41) is 2.90. The lowest BCUT2D eigenvalue weighted by Gasteiger charge is -2.09. The Morgan fingerprint density at radius 1 is 1.28 bits per heavy atom. The van der Waals surface area contributed by atoms with Gasteiger partial charge in [-0.25, -0.2) is 8.78 Å². The SMILES string of the molecule is Fc1cc(F)c(NCCc2cccnc2)c(Cl)c1. The third-order valence-corrected chi connectivity index (χ3v) is 2.74. The molecule has 1 heterocycles. The first-order valence-electron chi connectivity index (χ1n) is 5.44. The Kier molecular flexibility index (Phi) is 4.10. The van der Waals surface area contributed by atoms with Crippen LogP contribution in [0.15, 0.2) is 36.7 Å². The van der Waals surface area contributed by atoms with Crippen LogP contribution in [0.2, 0.25) is 5.02 Å². The molecule has 0 saturated heterocycles. The van der Waals surface area contributed by atoms with Gasteiger partial charge in [-0.15, -0.1) is 0 Å². The molecule has 94 valence electrons. The van der Waals surface area contributed by atoms with Gasteiger partial charge in [-0.3, -0.25) is 4.98 Å². The van der Waals surface area contributed by atoms with Crippen LogP contribution in [-0.2, 0) is 6.42 Å². The highest BCUT2D eigenvalue weighted by molar-refractivity contribution is 6.33. The highest BCUT2D eigenvalue weighted by atomic mass is 35.5. The number of halogens is 3. The summed E-state index contributed by atoms with van der Waals surface area (Å²) in [6, 6.07) is 5.65. The lowest BCUT2D eigenvalue weighted by Crippen LogP contribution is -2.07. The molecule has 2 nitrogen and oxygen atoms in total. The maximum atomic E-state index is 13.4. The van der Waals surface area contributed by atoms with Crippen LogP contribution < -0.4 is 5.32 Å². The molecule has 5 heteroatoms. The van der Waals surface area contributed by atoms with E-state index in [0.29, 0.717) is 13.0 Å². The molecule has 2 aromatic rings. The molecule has 0 amide bonds. The zero-order valence-electron chi connectivity index (χ0n) is 9.46. The third-order valence-electron chi connectivity index (χ3n) is 2.45. The largest absolute Gasteiger partial charge is 0.381 e. The predicted molar refractivity (Wildman–Crippen MR) is 67.8 cm³/mol. The standard InChI is InChI=1S/C13H11ClF2N2/c14-11-6-10(15)7-12(16)13(11)18-5-3-9-2-1-4-17-8-9/h1-2,4,6-8,18H,3,5H2. The molecule has 0 bridgehead atoms. The smallest absolute Gasteiger partial charge is 0.150 e. The van der Waals surface area contributed by atoms with Crippen molar-refractivity contribution in [2.24, 2.45) is 0 Å². The van der Waals surface area contributed by atoms with Crippen LogP contribution >= 0.6 is 11.6 Å². The van der Waals surface area contributed by atoms with Gasteiger partial charge in [0.15, 0.2) is 5.82 Å². The number of pyridine rings is 1. The van der Waals surface area contributed by atoms with Crippen molar-refractivity contribution in [2.45, 2.75) is 6.42 Å². The molecule has 1 N–H and O–H groups in total. The minimum atomic E-state index is -0.689. The second-order valence-electron chi connectivity index (χ2n) is 3.78. The summed E-state index contributed by atoms with van der Waals surface area (Å²) in [7, 11) is 0. The van der Waals surface area contributed by atoms with E-state index in [4.69, 9.17) is 11.6 Å². The highest BCUT2D eigenvalue weighted by Crippen LogP contribution is 2.26. The van der Waals surface area contributed by atoms with Crippen molar-refractivity contribution >= 4 is 17.3 Å². The fourth-order valence-corrected chi connectivity index (χ4v) is 1.85. The van der Waals surface area contributed by atoms with Gasteiger partial charge in [-0.1, -0.05) is 17.7 Å². The van der Waals surface area contributed by atoms with Crippen molar-refractivity contribution in [3.63, 3.8) is 0 Å². The van der Waals surface area contributed by atoms with E-state index in [1.54, 1.807) is 12.4 Å². The zero-order chi connectivity index (χ0) is 13.0. The lowest BCUT2D eigenvalue weighted by molar-refractivity contribution is 0.585. The van der Waals surface area contributed by atoms with Crippen LogP contribution in [0.1, 0.15) is 5.56 Å². The average molecular weight is 269 g/mol. The Morgan fingerprint density at radius 3 is 2.78 bits per heavy atom. The van der Waals surface area contributed by atoms with Gasteiger partial charge in [0.25, 0.3) is 0 Å². The zero-order valence-corrected chi connectivity index (χ0v) is 10.2. The van der Waals surface area contributed by atoms with Crippen LogP contribution in [0, 0.1) is 11.6 Å². The van der Waals surface area contributed by atoms with Crippen LogP contribution in [0.4, 0.5) is 14.5 Å². The topological polar surface area (TPSA) is 24.9 Å². The second-order valence-corrected chi connectivity index (χ2v) is 4.19. The Balaban J connectivity index is 1.99. The Hall–Kier alpha value is -1.68. The molecule has 0 aliphatic heterocycles. The van der Waals surface area contributed by atoms with Gasteiger partial charge in [-0.2, -0.15) is 0 Å². The van der Waals surface area contributed by atoms with E-state index in [1.165, 1.54) is 0 Å². The molecule has 1 aromatic carbocycles. The molecule has 2 rings (SSSR count). The fraction of sp³-hybridized carbons (Fsp3) is 0.154. The molecule has 0 saturated carbocycles. The maximum absolute atomic E-state index is 13.4. The minimum absolute atomic E-state index is 0.0405. The Morgan fingerprint density at radius 2 is 2.11 bits per heavy atom. The van der Waals surface area contributed by atoms with Crippen molar-refractivity contribution in [3.05, 3.63) is 58.9 Å². The summed E-state index contributed by atoms with van der Waals surface area (Å²) in [6.45, 7) is 0.494. The average Bonchev–Trinajstić information content (AvgIpc) is 2.34. The number of nitrogens with zero attached hydrogens (tertiary/aromatic N) is 1. The molecule has 1 aromatic heterocycles. The number of aromatic nitrogens is 1. The highest BCUT2D eigenvalue weighted by Gasteiger charge is 2.09. The van der Waals surface area contributed by atoms with E-state index in [0.717, 1.165) is 17.7 Å². The van der Waals surface area contributed by atoms with Crippen molar-refractivity contribution in [1.29, 1.82) is 0 Å². The Labute approximate surface area is 109 Å². The monoisotopic (exact) mass is 268 g/mol. The lowest BCUT2D eigenvalue weighted by atomic mass is 10.2. The van der Waals surface area contributed by atoms with E-state index in [9.17, 15) is 8.78 Å². The van der Waals surface area contributed by atoms with E-state index in [-0.39, 0.29) is 10.7 Å². The van der Waals surface area contributed by atoms with Gasteiger partial charge in [0.05, 0.1) is 10.7 Å². The first-order chi connectivity index (χ1) is 8.66. The van der Waals surface area contributed by atoms with Gasteiger partial charge >= 0.3 is 0 Å². The fourth-order valence-electron chi connectivity index (χ4n) is 1.59. The normalized spacial score (nSPS) is 10.4. The van der Waals surface area contributed by atoms with Crippen molar-refractivity contribution in [3.8, 4) is 0 Å². The molecule has 0 spiro atoms. The van der Waals surface area contributed by atoms with Gasteiger partial charge in [0, 0.05) is 25.0 Å². The van der Waals surface area contributed by atoms with E-state index in [1.807, 2.05) is 12.1 Å². The van der Waals surface area contributed by atoms with Crippen LogP contribution in [0.5, 0.6) is 0 Å². The first kappa shape index (κ1) is 12.8. The molecular weight excluding hydrogens is 258 g/mol. The summed E-state index contributed by atoms with van der Waals surface area (Å²) in [4.78, 5) is 3.98. The second kappa shape index (κ2) is 5.78. The van der Waals surface area contributed by atoms with Gasteiger partial charge in [-0.05, 0) is 24.1 Å². The summed E-state index contributed by atoms with van der Waals surface area (Å²) in [6.07, 6.45) is 4.11. The Bertz CT molecular complexity index is 509. The molecule has 0 fully saturated rings. The van der Waals surface area contributed by atoms with Crippen molar-refractivity contribution in [2.75, 3.05) is 11.9 Å². The minimum Gasteiger partial charge on any atom is -0.381 e. The number of benzene rings is 1. The van der Waals surface area contributed by atoms with Gasteiger partial charge < -0.3 is 5.32 Å². The number of rotatable bonds is 4. The van der Waals surface area contributed by atoms with Crippen LogP contribution in [0.3, 0.4) is 0 Å². The van der Waals surface area contributed by atoms with Crippen molar-refractivity contribution < 1.29 is 8.78 Å². The van der Waals surface area contributed by atoms with Gasteiger partial charge in [0.2, 0.25) is 0 Å². The number of anilines is 1. The molecule has 0 aliphatic rings. The van der Waals surface area contributed by atoms with Crippen LogP contribution in [-0.4, -0.2) is 11.5 Å². The summed E-state index contributed by atoms with van der Waals surface area (Å²) < 4.78 is 26.3. The maximum Gasteiger partial charge on any atom is 0.150 e. The summed E-state index contributed by atoms with van der Waals surface area (Å²) >= 11 is 5.76. The van der Waals surface area contributed by atoms with E-state index >= 15 is 0 Å². The molecule has 0 unspecified atom stereocenters. The van der Waals surface area contributed by atoms with Crippen molar-refractivity contribution in [1.82, 2.24) is 4.98 Å². The summed E-state index contributed by atoms with van der Waals surface area (Å²) in [5.41, 5.74) is 1.16. The molecular formula is C13H11ClF2N2.